The molecule has 8 heteroatoms. The number of benzene rings is 1. The minimum absolute atomic E-state index is 0.0526. The number of amides is 1. The molecule has 0 saturated carbocycles. The second-order valence-corrected chi connectivity index (χ2v) is 4.91. The van der Waals surface area contributed by atoms with Crippen molar-refractivity contribution < 1.29 is 24.0 Å². The van der Waals surface area contributed by atoms with Gasteiger partial charge in [-0.3, -0.25) is 19.7 Å². The molecule has 0 saturated heterocycles. The number of hydrogen-bond acceptors (Lipinski definition) is 4. The van der Waals surface area contributed by atoms with Crippen LogP contribution in [0.4, 0.5) is 15.8 Å². The number of rotatable bonds is 4. The van der Waals surface area contributed by atoms with Crippen molar-refractivity contribution in [3.8, 4) is 0 Å². The van der Waals surface area contributed by atoms with E-state index < -0.39 is 40.1 Å². The van der Waals surface area contributed by atoms with Crippen LogP contribution < -0.4 is 5.32 Å². The molecule has 2 N–H and O–H groups in total. The molecule has 0 unspecified atom stereocenters. The molecule has 1 amide bonds. The molecule has 116 valence electrons. The van der Waals surface area contributed by atoms with Gasteiger partial charge in [-0.05, 0) is 25.0 Å². The van der Waals surface area contributed by atoms with Gasteiger partial charge in [0.2, 0.25) is 11.7 Å². The van der Waals surface area contributed by atoms with Gasteiger partial charge >= 0.3 is 11.7 Å². The molecule has 1 aliphatic carbocycles. The Morgan fingerprint density at radius 2 is 1.91 bits per heavy atom. The van der Waals surface area contributed by atoms with Gasteiger partial charge in [0, 0.05) is 11.8 Å². The highest BCUT2D eigenvalue weighted by Crippen LogP contribution is 2.28. The van der Waals surface area contributed by atoms with E-state index in [-0.39, 0.29) is 18.5 Å². The number of allylic oxidation sites excluding steroid dienone is 2. The van der Waals surface area contributed by atoms with E-state index in [2.05, 4.69) is 5.32 Å². The van der Waals surface area contributed by atoms with Crippen LogP contribution in [0.5, 0.6) is 0 Å². The molecular formula is C14H13FN2O5. The Morgan fingerprint density at radius 1 is 1.27 bits per heavy atom. The fourth-order valence-electron chi connectivity index (χ4n) is 2.34. The summed E-state index contributed by atoms with van der Waals surface area (Å²) in [6, 6.07) is 2.97. The van der Waals surface area contributed by atoms with E-state index in [1.165, 1.54) is 6.07 Å². The lowest BCUT2D eigenvalue weighted by atomic mass is 9.82. The van der Waals surface area contributed by atoms with Gasteiger partial charge in [-0.15, -0.1) is 0 Å². The van der Waals surface area contributed by atoms with Gasteiger partial charge in [0.1, 0.15) is 0 Å². The van der Waals surface area contributed by atoms with Crippen LogP contribution in [-0.4, -0.2) is 21.9 Å². The van der Waals surface area contributed by atoms with Crippen LogP contribution in [-0.2, 0) is 9.59 Å². The van der Waals surface area contributed by atoms with Gasteiger partial charge < -0.3 is 10.4 Å². The lowest BCUT2D eigenvalue weighted by molar-refractivity contribution is -0.387. The summed E-state index contributed by atoms with van der Waals surface area (Å²) in [4.78, 5) is 33.1. The number of nitrogens with zero attached hydrogens (tertiary/aromatic N) is 1. The van der Waals surface area contributed by atoms with Crippen LogP contribution in [0.1, 0.15) is 12.8 Å². The minimum atomic E-state index is -1.07. The molecule has 0 aliphatic heterocycles. The molecular weight excluding hydrogens is 295 g/mol. The number of nitrogens with one attached hydrogen (secondary N) is 1. The zero-order valence-corrected chi connectivity index (χ0v) is 11.4. The SMILES string of the molecule is O=C(O)[C@@H]1CC=CC[C@H]1C(=O)Nc1ccc(F)c([N+](=O)[O-])c1. The highest BCUT2D eigenvalue weighted by Gasteiger charge is 2.34. The molecule has 0 heterocycles. The van der Waals surface area contributed by atoms with Crippen LogP contribution in [0.25, 0.3) is 0 Å². The quantitative estimate of drug-likeness (QED) is 0.504. The van der Waals surface area contributed by atoms with Gasteiger partial charge in [0.25, 0.3) is 0 Å². The van der Waals surface area contributed by atoms with E-state index in [9.17, 15) is 24.1 Å². The van der Waals surface area contributed by atoms with Crippen molar-refractivity contribution >= 4 is 23.3 Å². The summed E-state index contributed by atoms with van der Waals surface area (Å²) in [6.07, 6.45) is 3.94. The number of carbonyl (C=O) groups excluding carboxylic acids is 1. The van der Waals surface area contributed by atoms with Crippen molar-refractivity contribution in [3.63, 3.8) is 0 Å². The van der Waals surface area contributed by atoms with Crippen LogP contribution >= 0.6 is 0 Å². The third-order valence-electron chi connectivity index (χ3n) is 3.50. The Balaban J connectivity index is 2.18. The Hall–Kier alpha value is -2.77. The third-order valence-corrected chi connectivity index (χ3v) is 3.50. The van der Waals surface area contributed by atoms with E-state index in [1.807, 2.05) is 0 Å². The maximum Gasteiger partial charge on any atom is 0.307 e. The molecule has 0 aromatic heterocycles. The summed E-state index contributed by atoms with van der Waals surface area (Å²) >= 11 is 0. The summed E-state index contributed by atoms with van der Waals surface area (Å²) in [5.74, 6) is -4.26. The summed E-state index contributed by atoms with van der Waals surface area (Å²) in [6.45, 7) is 0. The molecule has 22 heavy (non-hydrogen) atoms. The maximum absolute atomic E-state index is 13.2. The van der Waals surface area contributed by atoms with Crippen LogP contribution in [0.2, 0.25) is 0 Å². The number of halogens is 1. The smallest absolute Gasteiger partial charge is 0.307 e. The summed E-state index contributed by atoms with van der Waals surface area (Å²) in [5.41, 5.74) is -0.701. The first-order chi connectivity index (χ1) is 10.4. The minimum Gasteiger partial charge on any atom is -0.481 e. The molecule has 2 rings (SSSR count). The van der Waals surface area contributed by atoms with Gasteiger partial charge in [-0.2, -0.15) is 4.39 Å². The number of hydrogen-bond donors (Lipinski definition) is 2. The number of nitro groups is 1. The highest BCUT2D eigenvalue weighted by molar-refractivity contribution is 5.95. The van der Waals surface area contributed by atoms with Crippen molar-refractivity contribution in [2.24, 2.45) is 11.8 Å². The van der Waals surface area contributed by atoms with Gasteiger partial charge in [-0.1, -0.05) is 12.2 Å². The molecule has 0 radical (unpaired) electrons. The van der Waals surface area contributed by atoms with Gasteiger partial charge in [-0.25, -0.2) is 0 Å². The molecule has 2 atom stereocenters. The van der Waals surface area contributed by atoms with Crippen molar-refractivity contribution in [1.29, 1.82) is 0 Å². The van der Waals surface area contributed by atoms with Crippen molar-refractivity contribution in [2.75, 3.05) is 5.32 Å². The maximum atomic E-state index is 13.2. The molecule has 7 nitrogen and oxygen atoms in total. The molecule has 0 fully saturated rings. The number of carbonyl (C=O) groups is 2. The first-order valence-corrected chi connectivity index (χ1v) is 6.52. The summed E-state index contributed by atoms with van der Waals surface area (Å²) in [7, 11) is 0. The Bertz CT molecular complexity index is 659. The predicted molar refractivity (Wildman–Crippen MR) is 74.7 cm³/mol. The Morgan fingerprint density at radius 3 is 2.50 bits per heavy atom. The fourth-order valence-corrected chi connectivity index (χ4v) is 2.34. The third kappa shape index (κ3) is 3.27. The number of carboxylic acids is 1. The van der Waals surface area contributed by atoms with Gasteiger partial charge in [0.15, 0.2) is 0 Å². The topological polar surface area (TPSA) is 110 Å². The standard InChI is InChI=1S/C14H13FN2O5/c15-11-6-5-8(7-12(11)17(21)22)16-13(18)9-3-1-2-4-10(9)14(19)20/h1-2,5-7,9-10H,3-4H2,(H,16,18)(H,19,20)/t9-,10-/m1/s1. The van der Waals surface area contributed by atoms with E-state index in [1.54, 1.807) is 12.2 Å². The van der Waals surface area contributed by atoms with Crippen LogP contribution in [0.3, 0.4) is 0 Å². The van der Waals surface area contributed by atoms with Crippen LogP contribution in [0, 0.1) is 27.8 Å². The molecule has 1 aromatic rings. The predicted octanol–water partition coefficient (Wildman–Crippen LogP) is 2.34. The molecule has 1 aliphatic rings. The summed E-state index contributed by atoms with van der Waals surface area (Å²) in [5, 5.41) is 22.2. The summed E-state index contributed by atoms with van der Waals surface area (Å²) < 4.78 is 13.2. The monoisotopic (exact) mass is 308 g/mol. The number of nitro benzene ring substituents is 1. The Labute approximate surface area is 124 Å². The fraction of sp³-hybridized carbons (Fsp3) is 0.286. The largest absolute Gasteiger partial charge is 0.481 e. The van der Waals surface area contributed by atoms with Crippen molar-refractivity contribution in [2.45, 2.75) is 12.8 Å². The molecule has 0 bridgehead atoms. The first kappa shape index (κ1) is 15.6. The highest BCUT2D eigenvalue weighted by atomic mass is 19.1. The second-order valence-electron chi connectivity index (χ2n) is 4.91. The van der Waals surface area contributed by atoms with E-state index >= 15 is 0 Å². The lowest BCUT2D eigenvalue weighted by Gasteiger charge is -2.24. The van der Waals surface area contributed by atoms with Crippen LogP contribution in [0.15, 0.2) is 30.4 Å². The Kier molecular flexibility index (Phi) is 4.50. The number of carboxylic acid groups (broad SMARTS) is 1. The average Bonchev–Trinajstić information content (AvgIpc) is 2.48. The van der Waals surface area contributed by atoms with E-state index in [0.29, 0.717) is 0 Å². The van der Waals surface area contributed by atoms with E-state index in [4.69, 9.17) is 5.11 Å². The van der Waals surface area contributed by atoms with Gasteiger partial charge in [0.05, 0.1) is 16.8 Å². The zero-order valence-electron chi connectivity index (χ0n) is 11.4. The number of aliphatic carboxylic acids is 1. The zero-order chi connectivity index (χ0) is 16.3. The molecule has 1 aromatic carbocycles. The lowest BCUT2D eigenvalue weighted by Crippen LogP contribution is -2.34. The average molecular weight is 308 g/mol. The number of anilines is 1. The van der Waals surface area contributed by atoms with Crippen molar-refractivity contribution in [3.05, 3.63) is 46.3 Å². The molecule has 0 spiro atoms. The first-order valence-electron chi connectivity index (χ1n) is 6.52. The van der Waals surface area contributed by atoms with E-state index in [0.717, 1.165) is 12.1 Å². The second kappa shape index (κ2) is 6.33. The normalized spacial score (nSPS) is 20.4. The van der Waals surface area contributed by atoms with Crippen molar-refractivity contribution in [1.82, 2.24) is 0 Å².